The molecule has 0 spiro atoms. The average molecular weight is 360 g/mol. The summed E-state index contributed by atoms with van der Waals surface area (Å²) in [5, 5.41) is 11.9. The van der Waals surface area contributed by atoms with Crippen molar-refractivity contribution in [1.29, 1.82) is 0 Å². The first-order chi connectivity index (χ1) is 10.6. The maximum Gasteiger partial charge on any atom is 0.408 e. The van der Waals surface area contributed by atoms with Crippen molar-refractivity contribution in [3.63, 3.8) is 0 Å². The molecule has 4 nitrogen and oxygen atoms in total. The third-order valence-corrected chi connectivity index (χ3v) is 3.35. The Labute approximate surface area is 137 Å². The van der Waals surface area contributed by atoms with Crippen molar-refractivity contribution < 1.29 is 14.6 Å². The minimum Gasteiger partial charge on any atom is -0.507 e. The Morgan fingerprint density at radius 3 is 2.73 bits per heavy atom. The molecule has 0 saturated carbocycles. The number of alkyl carbamates (subject to hydrolysis) is 1. The molecule has 0 atom stereocenters. The van der Waals surface area contributed by atoms with Crippen LogP contribution in [0.3, 0.4) is 0 Å². The third kappa shape index (κ3) is 5.15. The van der Waals surface area contributed by atoms with E-state index in [0.29, 0.717) is 4.47 Å². The number of rotatable bonds is 3. The zero-order chi connectivity index (χ0) is 15.8. The second kappa shape index (κ2) is 8.11. The van der Waals surface area contributed by atoms with E-state index in [-0.39, 0.29) is 18.9 Å². The number of ether oxygens (including phenoxy) is 1. The molecule has 2 aromatic rings. The maximum atomic E-state index is 11.5. The lowest BCUT2D eigenvalue weighted by atomic mass is 10.2. The highest BCUT2D eigenvalue weighted by Crippen LogP contribution is 2.23. The Bertz CT molecular complexity index is 705. The number of amides is 1. The molecule has 2 rings (SSSR count). The van der Waals surface area contributed by atoms with Gasteiger partial charge in [0.2, 0.25) is 0 Å². The van der Waals surface area contributed by atoms with Crippen LogP contribution in [0.5, 0.6) is 5.75 Å². The van der Waals surface area contributed by atoms with Gasteiger partial charge in [0.1, 0.15) is 12.4 Å². The van der Waals surface area contributed by atoms with Gasteiger partial charge in [0.25, 0.3) is 0 Å². The molecule has 0 radical (unpaired) electrons. The second-order valence-corrected chi connectivity index (χ2v) is 5.24. The van der Waals surface area contributed by atoms with E-state index in [1.165, 1.54) is 0 Å². The van der Waals surface area contributed by atoms with Gasteiger partial charge in [0.15, 0.2) is 0 Å². The van der Waals surface area contributed by atoms with Crippen LogP contribution in [-0.2, 0) is 11.3 Å². The van der Waals surface area contributed by atoms with Crippen LogP contribution in [0.4, 0.5) is 4.79 Å². The van der Waals surface area contributed by atoms with E-state index in [1.54, 1.807) is 18.2 Å². The van der Waals surface area contributed by atoms with Crippen LogP contribution in [0.1, 0.15) is 11.1 Å². The third-order valence-electron chi connectivity index (χ3n) is 2.71. The molecule has 0 bridgehead atoms. The number of carbonyl (C=O) groups is 1. The first kappa shape index (κ1) is 15.9. The lowest BCUT2D eigenvalue weighted by Gasteiger charge is -2.04. The normalized spacial score (nSPS) is 9.50. The fraction of sp³-hybridized carbons (Fsp3) is 0.118. The van der Waals surface area contributed by atoms with Crippen molar-refractivity contribution in [2.75, 3.05) is 6.54 Å². The number of phenols is 1. The standard InChI is InChI=1S/C17H14BrNO3/c18-15-11-13(8-9-16(15)20)7-4-10-19-17(21)22-12-14-5-2-1-3-6-14/h1-3,5-6,8-9,11,20H,10,12H2,(H,19,21). The molecule has 0 aliphatic heterocycles. The molecular weight excluding hydrogens is 346 g/mol. The quantitative estimate of drug-likeness (QED) is 0.825. The van der Waals surface area contributed by atoms with E-state index in [2.05, 4.69) is 33.1 Å². The molecule has 0 fully saturated rings. The van der Waals surface area contributed by atoms with Crippen molar-refractivity contribution in [3.8, 4) is 17.6 Å². The average Bonchev–Trinajstić information content (AvgIpc) is 2.54. The zero-order valence-corrected chi connectivity index (χ0v) is 13.3. The highest BCUT2D eigenvalue weighted by molar-refractivity contribution is 9.10. The summed E-state index contributed by atoms with van der Waals surface area (Å²) in [5.41, 5.74) is 1.67. The molecule has 0 unspecified atom stereocenters. The number of hydrogen-bond acceptors (Lipinski definition) is 3. The summed E-state index contributed by atoms with van der Waals surface area (Å²) in [6, 6.07) is 14.4. The molecule has 5 heteroatoms. The Hall–Kier alpha value is -2.45. The summed E-state index contributed by atoms with van der Waals surface area (Å²) < 4.78 is 5.64. The summed E-state index contributed by atoms with van der Waals surface area (Å²) in [6.07, 6.45) is -0.509. The van der Waals surface area contributed by atoms with Gasteiger partial charge < -0.3 is 15.2 Å². The van der Waals surface area contributed by atoms with Crippen LogP contribution in [-0.4, -0.2) is 17.7 Å². The van der Waals surface area contributed by atoms with Gasteiger partial charge >= 0.3 is 6.09 Å². The number of aromatic hydroxyl groups is 1. The van der Waals surface area contributed by atoms with Crippen molar-refractivity contribution in [1.82, 2.24) is 5.32 Å². The summed E-state index contributed by atoms with van der Waals surface area (Å²) in [4.78, 5) is 11.5. The number of nitrogens with one attached hydrogen (secondary N) is 1. The smallest absolute Gasteiger partial charge is 0.408 e. The Kier molecular flexibility index (Phi) is 5.87. The molecule has 2 aromatic carbocycles. The van der Waals surface area contributed by atoms with Crippen LogP contribution in [0.25, 0.3) is 0 Å². The van der Waals surface area contributed by atoms with Crippen molar-refractivity contribution in [3.05, 3.63) is 64.1 Å². The summed E-state index contributed by atoms with van der Waals surface area (Å²) >= 11 is 3.21. The summed E-state index contributed by atoms with van der Waals surface area (Å²) in [6.45, 7) is 0.414. The fourth-order valence-electron chi connectivity index (χ4n) is 1.62. The molecule has 22 heavy (non-hydrogen) atoms. The molecule has 0 heterocycles. The molecular formula is C17H14BrNO3. The highest BCUT2D eigenvalue weighted by atomic mass is 79.9. The van der Waals surface area contributed by atoms with E-state index in [4.69, 9.17) is 4.74 Å². The van der Waals surface area contributed by atoms with E-state index >= 15 is 0 Å². The van der Waals surface area contributed by atoms with Gasteiger partial charge in [0.05, 0.1) is 11.0 Å². The number of halogens is 1. The van der Waals surface area contributed by atoms with Gasteiger partial charge in [-0.1, -0.05) is 42.2 Å². The van der Waals surface area contributed by atoms with Gasteiger partial charge in [-0.3, -0.25) is 0 Å². The molecule has 0 aromatic heterocycles. The molecule has 0 aliphatic carbocycles. The monoisotopic (exact) mass is 359 g/mol. The minimum atomic E-state index is -0.509. The number of benzene rings is 2. The predicted molar refractivity (Wildman–Crippen MR) is 87.3 cm³/mol. The van der Waals surface area contributed by atoms with E-state index < -0.39 is 6.09 Å². The molecule has 1 amide bonds. The maximum absolute atomic E-state index is 11.5. The van der Waals surface area contributed by atoms with Gasteiger partial charge in [-0.2, -0.15) is 0 Å². The SMILES string of the molecule is O=C(NCC#Cc1ccc(O)c(Br)c1)OCc1ccccc1. The van der Waals surface area contributed by atoms with Gasteiger partial charge in [-0.25, -0.2) is 4.79 Å². The Morgan fingerprint density at radius 1 is 1.23 bits per heavy atom. The number of phenolic OH excluding ortho intramolecular Hbond substituents is 1. The van der Waals surface area contributed by atoms with Crippen LogP contribution in [0.15, 0.2) is 53.0 Å². The minimum absolute atomic E-state index is 0.160. The van der Waals surface area contributed by atoms with Crippen LogP contribution in [0.2, 0.25) is 0 Å². The van der Waals surface area contributed by atoms with Gasteiger partial charge in [-0.05, 0) is 39.7 Å². The molecule has 112 valence electrons. The topological polar surface area (TPSA) is 58.6 Å². The number of hydrogen-bond donors (Lipinski definition) is 2. The Balaban J connectivity index is 1.75. The number of carbonyl (C=O) groups excluding carboxylic acids is 1. The van der Waals surface area contributed by atoms with Crippen LogP contribution < -0.4 is 5.32 Å². The van der Waals surface area contributed by atoms with E-state index in [0.717, 1.165) is 11.1 Å². The van der Waals surface area contributed by atoms with Crippen LogP contribution >= 0.6 is 15.9 Å². The van der Waals surface area contributed by atoms with Crippen LogP contribution in [0, 0.1) is 11.8 Å². The van der Waals surface area contributed by atoms with E-state index in [1.807, 2.05) is 30.3 Å². The lowest BCUT2D eigenvalue weighted by Crippen LogP contribution is -2.24. The van der Waals surface area contributed by atoms with Crippen molar-refractivity contribution in [2.24, 2.45) is 0 Å². The Morgan fingerprint density at radius 2 is 2.00 bits per heavy atom. The molecule has 0 saturated heterocycles. The van der Waals surface area contributed by atoms with E-state index in [9.17, 15) is 9.90 Å². The second-order valence-electron chi connectivity index (χ2n) is 4.38. The largest absolute Gasteiger partial charge is 0.507 e. The highest BCUT2D eigenvalue weighted by Gasteiger charge is 2.00. The van der Waals surface area contributed by atoms with Gasteiger partial charge in [-0.15, -0.1) is 0 Å². The summed E-state index contributed by atoms with van der Waals surface area (Å²) in [7, 11) is 0. The first-order valence-electron chi connectivity index (χ1n) is 6.57. The lowest BCUT2D eigenvalue weighted by molar-refractivity contribution is 0.141. The van der Waals surface area contributed by atoms with Crippen molar-refractivity contribution >= 4 is 22.0 Å². The van der Waals surface area contributed by atoms with Gasteiger partial charge in [0, 0.05) is 5.56 Å². The molecule has 0 aliphatic rings. The van der Waals surface area contributed by atoms with Crippen molar-refractivity contribution in [2.45, 2.75) is 6.61 Å². The first-order valence-corrected chi connectivity index (χ1v) is 7.36. The zero-order valence-electron chi connectivity index (χ0n) is 11.7. The summed E-state index contributed by atoms with van der Waals surface area (Å²) in [5.74, 6) is 5.85. The molecule has 2 N–H and O–H groups in total. The fourth-order valence-corrected chi connectivity index (χ4v) is 2.00. The predicted octanol–water partition coefficient (Wildman–Crippen LogP) is 3.43.